The Morgan fingerprint density at radius 2 is 1.83 bits per heavy atom. The maximum absolute atomic E-state index is 12.2. The zero-order valence-corrected chi connectivity index (χ0v) is 13.8. The van der Waals surface area contributed by atoms with E-state index < -0.39 is 0 Å². The minimum absolute atomic E-state index is 0.0146. The van der Waals surface area contributed by atoms with Crippen LogP contribution in [-0.4, -0.2) is 24.4 Å². The van der Waals surface area contributed by atoms with Crippen LogP contribution in [0, 0.1) is 17.2 Å². The van der Waals surface area contributed by atoms with Gasteiger partial charge in [-0.2, -0.15) is 0 Å². The molecule has 0 heterocycles. The van der Waals surface area contributed by atoms with E-state index >= 15 is 0 Å². The molecule has 0 spiro atoms. The van der Waals surface area contributed by atoms with E-state index in [1.165, 1.54) is 6.92 Å². The number of hydrogen-bond donors (Lipinski definition) is 4. The third-order valence-electron chi connectivity index (χ3n) is 4.15. The van der Waals surface area contributed by atoms with Gasteiger partial charge in [-0.15, -0.1) is 0 Å². The van der Waals surface area contributed by atoms with Crippen LogP contribution in [0.4, 0.5) is 5.69 Å². The van der Waals surface area contributed by atoms with Crippen LogP contribution in [-0.2, 0) is 9.59 Å². The van der Waals surface area contributed by atoms with Crippen molar-refractivity contribution in [3.63, 3.8) is 0 Å². The molecule has 0 atom stereocenters. The topological polar surface area (TPSA) is 117 Å². The van der Waals surface area contributed by atoms with Crippen LogP contribution in [0.15, 0.2) is 24.3 Å². The summed E-state index contributed by atoms with van der Waals surface area (Å²) in [7, 11) is 0. The van der Waals surface area contributed by atoms with Crippen LogP contribution in [0.1, 0.15) is 32.6 Å². The Hall–Kier alpha value is -2.57. The van der Waals surface area contributed by atoms with Crippen molar-refractivity contribution in [2.75, 3.05) is 11.9 Å². The van der Waals surface area contributed by atoms with Crippen molar-refractivity contribution < 1.29 is 14.3 Å². The fourth-order valence-corrected chi connectivity index (χ4v) is 2.87. The standard InChI is InChI=1S/C17H24N4O3/c1-11(22)21-14-6-8-15(9-7-14)24-16(23)13-4-2-12(3-5-13)10-20-17(18)19/h6-9,12-13H,2-5,10H2,1H3,(H,21,22)(H4,18,19,20)/t12-,13-. The van der Waals surface area contributed by atoms with Gasteiger partial charge in [0.15, 0.2) is 5.96 Å². The summed E-state index contributed by atoms with van der Waals surface area (Å²) >= 11 is 0. The molecule has 0 radical (unpaired) electrons. The molecule has 24 heavy (non-hydrogen) atoms. The molecule has 0 saturated heterocycles. The number of anilines is 1. The Bertz CT molecular complexity index is 592. The molecule has 0 aliphatic heterocycles. The maximum atomic E-state index is 12.2. The first-order valence-electron chi connectivity index (χ1n) is 8.11. The third kappa shape index (κ3) is 5.57. The lowest BCUT2D eigenvalue weighted by atomic mass is 9.82. The summed E-state index contributed by atoms with van der Waals surface area (Å²) in [4.78, 5) is 23.2. The quantitative estimate of drug-likeness (QED) is 0.284. The second-order valence-corrected chi connectivity index (χ2v) is 6.14. The molecule has 1 aliphatic rings. The lowest BCUT2D eigenvalue weighted by Gasteiger charge is -2.27. The molecule has 1 aliphatic carbocycles. The fraction of sp³-hybridized carbons (Fsp3) is 0.471. The lowest BCUT2D eigenvalue weighted by Crippen LogP contribution is -2.36. The molecule has 0 bridgehead atoms. The number of rotatable bonds is 5. The number of benzene rings is 1. The van der Waals surface area contributed by atoms with Crippen LogP contribution in [0.2, 0.25) is 0 Å². The molecule has 5 N–H and O–H groups in total. The van der Waals surface area contributed by atoms with Gasteiger partial charge in [-0.25, -0.2) is 0 Å². The van der Waals surface area contributed by atoms with E-state index in [1.807, 2.05) is 0 Å². The molecule has 1 fully saturated rings. The first-order valence-corrected chi connectivity index (χ1v) is 8.11. The largest absolute Gasteiger partial charge is 0.426 e. The van der Waals surface area contributed by atoms with Crippen molar-refractivity contribution in [2.45, 2.75) is 32.6 Å². The summed E-state index contributed by atoms with van der Waals surface area (Å²) in [5, 5.41) is 12.7. The number of hydrogen-bond acceptors (Lipinski definition) is 4. The monoisotopic (exact) mass is 332 g/mol. The number of carbonyl (C=O) groups is 2. The van der Waals surface area contributed by atoms with Gasteiger partial charge in [0, 0.05) is 19.2 Å². The summed E-state index contributed by atoms with van der Waals surface area (Å²) in [5.74, 6) is 0.466. The Morgan fingerprint density at radius 3 is 2.38 bits per heavy atom. The lowest BCUT2D eigenvalue weighted by molar-refractivity contribution is -0.140. The Labute approximate surface area is 141 Å². The van der Waals surface area contributed by atoms with E-state index in [0.717, 1.165) is 25.7 Å². The van der Waals surface area contributed by atoms with Crippen LogP contribution in [0.3, 0.4) is 0 Å². The molecular weight excluding hydrogens is 308 g/mol. The Balaban J connectivity index is 1.79. The van der Waals surface area contributed by atoms with E-state index in [4.69, 9.17) is 15.9 Å². The molecule has 7 nitrogen and oxygen atoms in total. The summed E-state index contributed by atoms with van der Waals surface area (Å²) in [6.07, 6.45) is 3.41. The van der Waals surface area contributed by atoms with Crippen molar-refractivity contribution in [2.24, 2.45) is 17.6 Å². The van der Waals surface area contributed by atoms with Gasteiger partial charge in [-0.1, -0.05) is 0 Å². The van der Waals surface area contributed by atoms with Crippen LogP contribution in [0.5, 0.6) is 5.75 Å². The normalized spacial score (nSPS) is 20.0. The average Bonchev–Trinajstić information content (AvgIpc) is 2.54. The number of nitrogens with one attached hydrogen (secondary N) is 3. The molecule has 0 aromatic heterocycles. The molecule has 130 valence electrons. The van der Waals surface area contributed by atoms with Gasteiger partial charge in [-0.05, 0) is 55.9 Å². The molecule has 2 rings (SSSR count). The second kappa shape index (κ2) is 8.33. The average molecular weight is 332 g/mol. The van der Waals surface area contributed by atoms with E-state index in [2.05, 4.69) is 10.6 Å². The number of nitrogens with two attached hydrogens (primary N) is 1. The van der Waals surface area contributed by atoms with E-state index in [-0.39, 0.29) is 23.8 Å². The highest BCUT2D eigenvalue weighted by molar-refractivity contribution is 5.88. The minimum atomic E-state index is -0.208. The SMILES string of the molecule is CC(=O)Nc1ccc(OC(=O)[C@H]2CC[C@H](CNC(=N)N)CC2)cc1. The van der Waals surface area contributed by atoms with E-state index in [0.29, 0.717) is 23.9 Å². The van der Waals surface area contributed by atoms with Crippen LogP contribution >= 0.6 is 0 Å². The zero-order valence-electron chi connectivity index (χ0n) is 13.8. The van der Waals surface area contributed by atoms with Crippen molar-refractivity contribution in [3.05, 3.63) is 24.3 Å². The predicted octanol–water partition coefficient (Wildman–Crippen LogP) is 1.84. The summed E-state index contributed by atoms with van der Waals surface area (Å²) < 4.78 is 5.43. The van der Waals surface area contributed by atoms with Crippen LogP contribution < -0.4 is 21.1 Å². The first-order chi connectivity index (χ1) is 11.4. The number of esters is 1. The predicted molar refractivity (Wildman–Crippen MR) is 91.7 cm³/mol. The zero-order chi connectivity index (χ0) is 17.5. The highest BCUT2D eigenvalue weighted by Crippen LogP contribution is 2.30. The number of carbonyl (C=O) groups excluding carboxylic acids is 2. The number of amides is 1. The number of ether oxygens (including phenoxy) is 1. The smallest absolute Gasteiger partial charge is 0.314 e. The Morgan fingerprint density at radius 1 is 1.21 bits per heavy atom. The van der Waals surface area contributed by atoms with Gasteiger partial charge in [0.25, 0.3) is 0 Å². The van der Waals surface area contributed by atoms with E-state index in [1.54, 1.807) is 24.3 Å². The fourth-order valence-electron chi connectivity index (χ4n) is 2.87. The van der Waals surface area contributed by atoms with Crippen molar-refractivity contribution in [1.82, 2.24) is 5.32 Å². The van der Waals surface area contributed by atoms with Gasteiger partial charge in [-0.3, -0.25) is 15.0 Å². The number of guanidine groups is 1. The third-order valence-corrected chi connectivity index (χ3v) is 4.15. The van der Waals surface area contributed by atoms with E-state index in [9.17, 15) is 9.59 Å². The molecule has 1 amide bonds. The first kappa shape index (κ1) is 17.8. The Kier molecular flexibility index (Phi) is 6.17. The van der Waals surface area contributed by atoms with Gasteiger partial charge in [0.1, 0.15) is 5.75 Å². The van der Waals surface area contributed by atoms with Gasteiger partial charge in [0.05, 0.1) is 5.92 Å². The van der Waals surface area contributed by atoms with Gasteiger partial charge < -0.3 is 21.1 Å². The molecular formula is C17H24N4O3. The van der Waals surface area contributed by atoms with Crippen molar-refractivity contribution >= 4 is 23.5 Å². The van der Waals surface area contributed by atoms with Crippen molar-refractivity contribution in [1.29, 1.82) is 5.41 Å². The second-order valence-electron chi connectivity index (χ2n) is 6.14. The van der Waals surface area contributed by atoms with Crippen molar-refractivity contribution in [3.8, 4) is 5.75 Å². The highest BCUT2D eigenvalue weighted by Gasteiger charge is 2.27. The minimum Gasteiger partial charge on any atom is -0.426 e. The summed E-state index contributed by atoms with van der Waals surface area (Å²) in [5.41, 5.74) is 5.95. The highest BCUT2D eigenvalue weighted by atomic mass is 16.5. The maximum Gasteiger partial charge on any atom is 0.314 e. The molecule has 7 heteroatoms. The van der Waals surface area contributed by atoms with Gasteiger partial charge >= 0.3 is 5.97 Å². The summed E-state index contributed by atoms with van der Waals surface area (Å²) in [6.45, 7) is 2.12. The summed E-state index contributed by atoms with van der Waals surface area (Å²) in [6, 6.07) is 6.75. The molecule has 1 saturated carbocycles. The molecule has 0 unspecified atom stereocenters. The van der Waals surface area contributed by atoms with Gasteiger partial charge in [0.2, 0.25) is 5.91 Å². The van der Waals surface area contributed by atoms with Crippen LogP contribution in [0.25, 0.3) is 0 Å². The molecule has 1 aromatic rings. The molecule has 1 aromatic carbocycles.